The molecular formula is C8H9N2O2. The smallest absolute Gasteiger partial charge is 0.250 e. The highest BCUT2D eigenvalue weighted by Crippen LogP contribution is 2.01. The fraction of sp³-hybridized carbons (Fsp3) is 0.250. The second kappa shape index (κ2) is 4.46. The third kappa shape index (κ3) is 2.67. The quantitative estimate of drug-likeness (QED) is 0.708. The normalized spacial score (nSPS) is 9.42. The van der Waals surface area contributed by atoms with Crippen LogP contribution in [0, 0.1) is 6.07 Å². The van der Waals surface area contributed by atoms with E-state index in [1.54, 1.807) is 12.3 Å². The molecule has 0 spiro atoms. The first-order valence-corrected chi connectivity index (χ1v) is 3.43. The molecule has 4 heteroatoms. The van der Waals surface area contributed by atoms with Crippen LogP contribution in [0.5, 0.6) is 0 Å². The zero-order valence-corrected chi connectivity index (χ0v) is 6.70. The van der Waals surface area contributed by atoms with E-state index in [1.807, 2.05) is 0 Å². The molecule has 0 aliphatic heterocycles. The molecule has 0 bridgehead atoms. The van der Waals surface area contributed by atoms with Gasteiger partial charge in [-0.05, 0) is 6.07 Å². The van der Waals surface area contributed by atoms with Crippen molar-refractivity contribution >= 4 is 11.6 Å². The Morgan fingerprint density at radius 2 is 2.67 bits per heavy atom. The highest BCUT2D eigenvalue weighted by Gasteiger charge is 1.99. The number of hydrogen-bond donors (Lipinski definition) is 1. The van der Waals surface area contributed by atoms with E-state index in [0.29, 0.717) is 5.69 Å². The number of methoxy groups -OCH3 is 1. The van der Waals surface area contributed by atoms with Gasteiger partial charge < -0.3 is 10.1 Å². The Kier molecular flexibility index (Phi) is 3.22. The van der Waals surface area contributed by atoms with E-state index in [2.05, 4.69) is 21.1 Å². The van der Waals surface area contributed by atoms with E-state index in [4.69, 9.17) is 0 Å². The van der Waals surface area contributed by atoms with Gasteiger partial charge in [-0.15, -0.1) is 0 Å². The number of amides is 1. The van der Waals surface area contributed by atoms with E-state index in [9.17, 15) is 4.79 Å². The molecule has 0 aromatic carbocycles. The molecule has 0 aliphatic carbocycles. The lowest BCUT2D eigenvalue weighted by Gasteiger charge is -2.01. The second-order valence-electron chi connectivity index (χ2n) is 2.13. The van der Waals surface area contributed by atoms with Gasteiger partial charge in [0.05, 0.1) is 5.69 Å². The Balaban J connectivity index is 2.47. The van der Waals surface area contributed by atoms with Crippen molar-refractivity contribution in [3.05, 3.63) is 24.5 Å². The van der Waals surface area contributed by atoms with E-state index < -0.39 is 0 Å². The number of pyridine rings is 1. The molecule has 0 saturated heterocycles. The van der Waals surface area contributed by atoms with Crippen LogP contribution in [0.25, 0.3) is 0 Å². The summed E-state index contributed by atoms with van der Waals surface area (Å²) in [4.78, 5) is 14.7. The average Bonchev–Trinajstić information content (AvgIpc) is 2.06. The molecule has 0 atom stereocenters. The number of ether oxygens (including phenoxy) is 1. The van der Waals surface area contributed by atoms with Crippen LogP contribution >= 0.6 is 0 Å². The molecule has 0 saturated carbocycles. The largest absolute Gasteiger partial charge is 0.375 e. The predicted octanol–water partition coefficient (Wildman–Crippen LogP) is 0.467. The molecule has 1 rings (SSSR count). The van der Waals surface area contributed by atoms with Crippen LogP contribution in [0.1, 0.15) is 0 Å². The number of hydrogen-bond acceptors (Lipinski definition) is 3. The van der Waals surface area contributed by atoms with Crippen molar-refractivity contribution < 1.29 is 9.53 Å². The highest BCUT2D eigenvalue weighted by atomic mass is 16.5. The first kappa shape index (κ1) is 8.67. The number of nitrogens with one attached hydrogen (secondary N) is 1. The molecule has 63 valence electrons. The number of carbonyl (C=O) groups is 1. The molecule has 4 nitrogen and oxygen atoms in total. The number of nitrogens with zero attached hydrogens (tertiary/aromatic N) is 1. The molecule has 1 amide bonds. The van der Waals surface area contributed by atoms with Crippen molar-refractivity contribution in [1.29, 1.82) is 0 Å². The lowest BCUT2D eigenvalue weighted by atomic mass is 10.4. The summed E-state index contributed by atoms with van der Waals surface area (Å²) in [6.45, 7) is 0.0517. The first-order valence-electron chi connectivity index (χ1n) is 3.43. The Labute approximate surface area is 70.6 Å². The first-order chi connectivity index (χ1) is 5.83. The van der Waals surface area contributed by atoms with Gasteiger partial charge >= 0.3 is 0 Å². The maximum absolute atomic E-state index is 10.9. The van der Waals surface area contributed by atoms with Crippen molar-refractivity contribution in [2.24, 2.45) is 0 Å². The third-order valence-electron chi connectivity index (χ3n) is 1.17. The Bertz CT molecular complexity index is 248. The molecule has 1 N–H and O–H groups in total. The van der Waals surface area contributed by atoms with Gasteiger partial charge in [-0.3, -0.25) is 9.78 Å². The molecule has 1 aromatic rings. The van der Waals surface area contributed by atoms with Crippen molar-refractivity contribution in [1.82, 2.24) is 4.98 Å². The number of aromatic nitrogens is 1. The highest BCUT2D eigenvalue weighted by molar-refractivity contribution is 5.91. The Hall–Kier alpha value is -1.42. The molecule has 0 fully saturated rings. The van der Waals surface area contributed by atoms with Gasteiger partial charge in [0.2, 0.25) is 5.91 Å². The lowest BCUT2D eigenvalue weighted by molar-refractivity contribution is -0.119. The molecule has 1 radical (unpaired) electrons. The van der Waals surface area contributed by atoms with Gasteiger partial charge in [0.15, 0.2) is 0 Å². The van der Waals surface area contributed by atoms with Crippen LogP contribution < -0.4 is 5.32 Å². The van der Waals surface area contributed by atoms with Crippen LogP contribution in [0.4, 0.5) is 5.69 Å². The zero-order valence-electron chi connectivity index (χ0n) is 6.70. The van der Waals surface area contributed by atoms with Crippen LogP contribution in [-0.4, -0.2) is 24.6 Å². The maximum Gasteiger partial charge on any atom is 0.250 e. The number of rotatable bonds is 3. The topological polar surface area (TPSA) is 51.2 Å². The van der Waals surface area contributed by atoms with Gasteiger partial charge in [-0.2, -0.15) is 0 Å². The summed E-state index contributed by atoms with van der Waals surface area (Å²) < 4.78 is 4.63. The minimum absolute atomic E-state index is 0.0517. The van der Waals surface area contributed by atoms with Gasteiger partial charge in [-0.25, -0.2) is 0 Å². The Morgan fingerprint density at radius 1 is 1.83 bits per heavy atom. The van der Waals surface area contributed by atoms with E-state index in [1.165, 1.54) is 13.3 Å². The fourth-order valence-corrected chi connectivity index (χ4v) is 0.711. The van der Waals surface area contributed by atoms with Gasteiger partial charge in [0.1, 0.15) is 6.61 Å². The van der Waals surface area contributed by atoms with Crippen LogP contribution in [0.15, 0.2) is 18.5 Å². The summed E-state index contributed by atoms with van der Waals surface area (Å²) in [5.41, 5.74) is 0.604. The molecule has 1 heterocycles. The summed E-state index contributed by atoms with van der Waals surface area (Å²) >= 11 is 0. The summed E-state index contributed by atoms with van der Waals surface area (Å²) in [6.07, 6.45) is 3.07. The van der Waals surface area contributed by atoms with Crippen molar-refractivity contribution in [3.63, 3.8) is 0 Å². The average molecular weight is 165 g/mol. The minimum Gasteiger partial charge on any atom is -0.375 e. The number of carbonyl (C=O) groups excluding carboxylic acids is 1. The Morgan fingerprint density at radius 3 is 3.25 bits per heavy atom. The van der Waals surface area contributed by atoms with Crippen molar-refractivity contribution in [2.45, 2.75) is 0 Å². The molecular weight excluding hydrogens is 156 g/mol. The van der Waals surface area contributed by atoms with Crippen LogP contribution in [0.2, 0.25) is 0 Å². The van der Waals surface area contributed by atoms with Gasteiger partial charge in [0, 0.05) is 25.6 Å². The monoisotopic (exact) mass is 165 g/mol. The zero-order chi connectivity index (χ0) is 8.81. The number of anilines is 1. The minimum atomic E-state index is -0.194. The summed E-state index contributed by atoms with van der Waals surface area (Å²) in [6, 6.07) is 4.42. The summed E-state index contributed by atoms with van der Waals surface area (Å²) in [5.74, 6) is -0.194. The SMILES string of the molecule is COCC(=O)Nc1[c]cncc1. The third-order valence-corrected chi connectivity index (χ3v) is 1.17. The summed E-state index contributed by atoms with van der Waals surface area (Å²) in [5, 5.41) is 2.58. The molecule has 0 unspecified atom stereocenters. The maximum atomic E-state index is 10.9. The lowest BCUT2D eigenvalue weighted by Crippen LogP contribution is -2.16. The fourth-order valence-electron chi connectivity index (χ4n) is 0.711. The summed E-state index contributed by atoms with van der Waals surface area (Å²) in [7, 11) is 1.47. The molecule has 12 heavy (non-hydrogen) atoms. The van der Waals surface area contributed by atoms with Gasteiger partial charge in [-0.1, -0.05) is 0 Å². The van der Waals surface area contributed by atoms with E-state index >= 15 is 0 Å². The standard InChI is InChI=1S/C8H9N2O2/c1-12-6-8(11)10-7-2-4-9-5-3-7/h2,4-5H,6H2,1H3,(H,9,10,11). The van der Waals surface area contributed by atoms with Gasteiger partial charge in [0.25, 0.3) is 0 Å². The molecule has 0 aliphatic rings. The van der Waals surface area contributed by atoms with Crippen LogP contribution in [0.3, 0.4) is 0 Å². The van der Waals surface area contributed by atoms with Crippen molar-refractivity contribution in [2.75, 3.05) is 19.0 Å². The van der Waals surface area contributed by atoms with E-state index in [-0.39, 0.29) is 12.5 Å². The van der Waals surface area contributed by atoms with Crippen LogP contribution in [-0.2, 0) is 9.53 Å². The van der Waals surface area contributed by atoms with E-state index in [0.717, 1.165) is 0 Å². The predicted molar refractivity (Wildman–Crippen MR) is 43.6 cm³/mol. The van der Waals surface area contributed by atoms with Crippen molar-refractivity contribution in [3.8, 4) is 0 Å². The molecule has 1 aromatic heterocycles. The second-order valence-corrected chi connectivity index (χ2v) is 2.13.